The fourth-order valence-corrected chi connectivity index (χ4v) is 3.80. The molecule has 0 aliphatic carbocycles. The number of nitrogens with zero attached hydrogens (tertiary/aromatic N) is 2. The van der Waals surface area contributed by atoms with Gasteiger partial charge in [-0.25, -0.2) is 4.39 Å². The number of methoxy groups -OCH3 is 1. The van der Waals surface area contributed by atoms with E-state index in [9.17, 15) is 14.0 Å². The molecule has 0 aliphatic heterocycles. The number of esters is 1. The summed E-state index contributed by atoms with van der Waals surface area (Å²) >= 11 is 1.15. The number of amides is 1. The molecule has 0 saturated carbocycles. The van der Waals surface area contributed by atoms with Gasteiger partial charge >= 0.3 is 5.97 Å². The smallest absolute Gasteiger partial charge is 0.326 e. The molecule has 3 rings (SSSR count). The summed E-state index contributed by atoms with van der Waals surface area (Å²) < 4.78 is 25.9. The summed E-state index contributed by atoms with van der Waals surface area (Å²) in [5.74, 6) is -0.572. The number of rotatable bonds is 6. The predicted molar refractivity (Wildman–Crippen MR) is 104 cm³/mol. The first-order valence-corrected chi connectivity index (χ1v) is 9.46. The zero-order chi connectivity index (χ0) is 20.1. The summed E-state index contributed by atoms with van der Waals surface area (Å²) in [6.07, 6.45) is 0.0826. The maximum absolute atomic E-state index is 13.6. The molecule has 0 atom stereocenters. The van der Waals surface area contributed by atoms with Crippen LogP contribution in [0.3, 0.4) is 0 Å². The molecule has 1 amide bonds. The van der Waals surface area contributed by atoms with Crippen LogP contribution >= 0.6 is 11.3 Å². The van der Waals surface area contributed by atoms with Gasteiger partial charge in [-0.05, 0) is 42.8 Å². The molecular weight excluding hydrogens is 383 g/mol. The van der Waals surface area contributed by atoms with E-state index in [0.29, 0.717) is 20.8 Å². The summed E-state index contributed by atoms with van der Waals surface area (Å²) in [4.78, 5) is 28.9. The molecule has 0 fully saturated rings. The Morgan fingerprint density at radius 2 is 2.04 bits per heavy atom. The van der Waals surface area contributed by atoms with Gasteiger partial charge in [-0.3, -0.25) is 9.59 Å². The zero-order valence-electron chi connectivity index (χ0n) is 15.5. The summed E-state index contributed by atoms with van der Waals surface area (Å²) in [6, 6.07) is 11.4. The van der Waals surface area contributed by atoms with Gasteiger partial charge in [-0.1, -0.05) is 23.5 Å². The number of fused-ring (bicyclic) bond motifs is 1. The third-order valence-corrected chi connectivity index (χ3v) is 4.99. The van der Waals surface area contributed by atoms with Crippen LogP contribution in [0, 0.1) is 5.82 Å². The molecule has 3 aromatic rings. The van der Waals surface area contributed by atoms with Gasteiger partial charge in [0.15, 0.2) is 4.80 Å². The number of aromatic nitrogens is 1. The first-order valence-electron chi connectivity index (χ1n) is 8.65. The standard InChI is InChI=1S/C20H19FN2O4S/c1-3-27-19(25)12-23-16-8-7-14(21)11-17(16)28-20(23)22-18(24)10-13-5-4-6-15(9-13)26-2/h4-9,11H,3,10,12H2,1-2H3. The molecule has 1 heterocycles. The summed E-state index contributed by atoms with van der Waals surface area (Å²) in [5, 5.41) is 0. The highest BCUT2D eigenvalue weighted by atomic mass is 32.1. The van der Waals surface area contributed by atoms with E-state index in [1.165, 1.54) is 12.1 Å². The van der Waals surface area contributed by atoms with Crippen molar-refractivity contribution >= 4 is 33.4 Å². The van der Waals surface area contributed by atoms with Gasteiger partial charge in [-0.2, -0.15) is 4.99 Å². The third-order valence-electron chi connectivity index (χ3n) is 3.95. The lowest BCUT2D eigenvalue weighted by atomic mass is 10.1. The van der Waals surface area contributed by atoms with Crippen molar-refractivity contribution in [2.24, 2.45) is 4.99 Å². The second-order valence-corrected chi connectivity index (χ2v) is 6.93. The van der Waals surface area contributed by atoms with Crippen LogP contribution in [0.4, 0.5) is 4.39 Å². The number of ether oxygens (including phenoxy) is 2. The van der Waals surface area contributed by atoms with Gasteiger partial charge < -0.3 is 14.0 Å². The van der Waals surface area contributed by atoms with E-state index >= 15 is 0 Å². The van der Waals surface area contributed by atoms with Crippen LogP contribution in [0.2, 0.25) is 0 Å². The lowest BCUT2D eigenvalue weighted by Crippen LogP contribution is -2.23. The van der Waals surface area contributed by atoms with Crippen LogP contribution in [0.1, 0.15) is 12.5 Å². The number of halogens is 1. The molecular formula is C20H19FN2O4S. The minimum Gasteiger partial charge on any atom is -0.497 e. The van der Waals surface area contributed by atoms with Crippen molar-refractivity contribution in [2.75, 3.05) is 13.7 Å². The molecule has 2 aromatic carbocycles. The molecule has 0 bridgehead atoms. The van der Waals surface area contributed by atoms with Gasteiger partial charge in [0.1, 0.15) is 18.1 Å². The van der Waals surface area contributed by atoms with E-state index in [2.05, 4.69) is 4.99 Å². The molecule has 0 aliphatic rings. The van der Waals surface area contributed by atoms with Crippen molar-refractivity contribution in [3.05, 3.63) is 58.6 Å². The Labute approximate surface area is 164 Å². The Kier molecular flexibility index (Phi) is 6.20. The van der Waals surface area contributed by atoms with Crippen LogP contribution in [0.5, 0.6) is 5.75 Å². The second-order valence-electron chi connectivity index (χ2n) is 5.92. The van der Waals surface area contributed by atoms with E-state index < -0.39 is 11.8 Å². The monoisotopic (exact) mass is 402 g/mol. The highest BCUT2D eigenvalue weighted by Crippen LogP contribution is 2.19. The van der Waals surface area contributed by atoms with Crippen LogP contribution in [0.15, 0.2) is 47.5 Å². The van der Waals surface area contributed by atoms with Crippen molar-refractivity contribution in [3.63, 3.8) is 0 Å². The molecule has 0 N–H and O–H groups in total. The predicted octanol–water partition coefficient (Wildman–Crippen LogP) is 3.08. The number of hydrogen-bond donors (Lipinski definition) is 0. The summed E-state index contributed by atoms with van der Waals surface area (Å²) in [5.41, 5.74) is 1.38. The number of carbonyl (C=O) groups excluding carboxylic acids is 2. The maximum Gasteiger partial charge on any atom is 0.326 e. The number of thiazole rings is 1. The molecule has 0 spiro atoms. The molecule has 6 nitrogen and oxygen atoms in total. The molecule has 8 heteroatoms. The highest BCUT2D eigenvalue weighted by molar-refractivity contribution is 7.16. The van der Waals surface area contributed by atoms with Crippen molar-refractivity contribution < 1.29 is 23.5 Å². The molecule has 146 valence electrons. The summed E-state index contributed by atoms with van der Waals surface area (Å²) in [6.45, 7) is 1.86. The Balaban J connectivity index is 1.97. The van der Waals surface area contributed by atoms with Crippen LogP contribution in [-0.4, -0.2) is 30.2 Å². The average molecular weight is 402 g/mol. The van der Waals surface area contributed by atoms with E-state index in [1.807, 2.05) is 6.07 Å². The van der Waals surface area contributed by atoms with Gasteiger partial charge in [0, 0.05) is 0 Å². The Morgan fingerprint density at radius 3 is 2.79 bits per heavy atom. The minimum atomic E-state index is -0.451. The molecule has 0 radical (unpaired) electrons. The van der Waals surface area contributed by atoms with Crippen molar-refractivity contribution in [3.8, 4) is 5.75 Å². The average Bonchev–Trinajstić information content (AvgIpc) is 2.98. The Bertz CT molecular complexity index is 1090. The third kappa shape index (κ3) is 4.64. The molecule has 0 saturated heterocycles. The first kappa shape index (κ1) is 19.8. The fraction of sp³-hybridized carbons (Fsp3) is 0.250. The minimum absolute atomic E-state index is 0.0826. The van der Waals surface area contributed by atoms with E-state index in [1.54, 1.807) is 42.9 Å². The SMILES string of the molecule is CCOC(=O)Cn1c(=NC(=O)Cc2cccc(OC)c2)sc2cc(F)ccc21. The number of hydrogen-bond acceptors (Lipinski definition) is 5. The lowest BCUT2D eigenvalue weighted by molar-refractivity contribution is -0.143. The van der Waals surface area contributed by atoms with E-state index in [4.69, 9.17) is 9.47 Å². The highest BCUT2D eigenvalue weighted by Gasteiger charge is 2.13. The van der Waals surface area contributed by atoms with Gasteiger partial charge in [0.25, 0.3) is 5.91 Å². The zero-order valence-corrected chi connectivity index (χ0v) is 16.3. The number of benzene rings is 2. The normalized spacial score (nSPS) is 11.6. The maximum atomic E-state index is 13.6. The van der Waals surface area contributed by atoms with Gasteiger partial charge in [0.2, 0.25) is 0 Å². The molecule has 0 unspecified atom stereocenters. The van der Waals surface area contributed by atoms with Crippen molar-refractivity contribution in [1.29, 1.82) is 0 Å². The first-order chi connectivity index (χ1) is 13.5. The quantitative estimate of drug-likeness (QED) is 0.594. The van der Waals surface area contributed by atoms with Gasteiger partial charge in [0.05, 0.1) is 30.4 Å². The summed E-state index contributed by atoms with van der Waals surface area (Å²) in [7, 11) is 1.56. The van der Waals surface area contributed by atoms with Crippen molar-refractivity contribution in [1.82, 2.24) is 4.57 Å². The van der Waals surface area contributed by atoms with Crippen LogP contribution in [-0.2, 0) is 27.3 Å². The Morgan fingerprint density at radius 1 is 1.21 bits per heavy atom. The number of carbonyl (C=O) groups is 2. The van der Waals surface area contributed by atoms with Crippen molar-refractivity contribution in [2.45, 2.75) is 19.9 Å². The molecule has 1 aromatic heterocycles. The van der Waals surface area contributed by atoms with Gasteiger partial charge in [-0.15, -0.1) is 0 Å². The van der Waals surface area contributed by atoms with E-state index in [0.717, 1.165) is 16.9 Å². The topological polar surface area (TPSA) is 69.9 Å². The Hall–Kier alpha value is -3.00. The van der Waals surface area contributed by atoms with E-state index in [-0.39, 0.29) is 25.5 Å². The van der Waals surface area contributed by atoms with Crippen LogP contribution in [0.25, 0.3) is 10.2 Å². The largest absolute Gasteiger partial charge is 0.497 e. The van der Waals surface area contributed by atoms with Crippen LogP contribution < -0.4 is 9.54 Å². The fourth-order valence-electron chi connectivity index (χ4n) is 2.72. The molecule has 28 heavy (non-hydrogen) atoms. The lowest BCUT2D eigenvalue weighted by Gasteiger charge is -2.05. The second kappa shape index (κ2) is 8.79.